The van der Waals surface area contributed by atoms with Crippen LogP contribution < -0.4 is 4.90 Å². The number of amides is 3. The number of halogens is 1. The highest BCUT2D eigenvalue weighted by atomic mass is 79.9. The lowest BCUT2D eigenvalue weighted by Gasteiger charge is -2.35. The van der Waals surface area contributed by atoms with E-state index in [1.54, 1.807) is 11.0 Å². The standard InChI is InChI=1S/C14H15BrN2O2/c1-9-13(18)17(12-8-3-2-7-11(12)15)14(19)16(9)10-5-4-6-10/h2-3,7-10H,4-6H2,1H3. The number of hydrogen-bond donors (Lipinski definition) is 0. The van der Waals surface area contributed by atoms with Crippen LogP contribution in [-0.4, -0.2) is 28.9 Å². The molecule has 1 saturated carbocycles. The van der Waals surface area contributed by atoms with E-state index in [0.29, 0.717) is 5.69 Å². The van der Waals surface area contributed by atoms with Gasteiger partial charge in [0.25, 0.3) is 5.91 Å². The van der Waals surface area contributed by atoms with Crippen molar-refractivity contribution in [3.8, 4) is 0 Å². The summed E-state index contributed by atoms with van der Waals surface area (Å²) in [5.74, 6) is -0.135. The van der Waals surface area contributed by atoms with Gasteiger partial charge in [-0.15, -0.1) is 0 Å². The van der Waals surface area contributed by atoms with Crippen LogP contribution in [0, 0.1) is 0 Å². The molecule has 1 atom stereocenters. The number of nitrogens with zero attached hydrogens (tertiary/aromatic N) is 2. The van der Waals surface area contributed by atoms with Crippen molar-refractivity contribution < 1.29 is 9.59 Å². The first-order valence-electron chi connectivity index (χ1n) is 6.52. The maximum atomic E-state index is 12.5. The lowest BCUT2D eigenvalue weighted by molar-refractivity contribution is -0.119. The summed E-state index contributed by atoms with van der Waals surface area (Å²) in [4.78, 5) is 27.9. The highest BCUT2D eigenvalue weighted by Gasteiger charge is 2.47. The van der Waals surface area contributed by atoms with Crippen LogP contribution in [0.5, 0.6) is 0 Å². The van der Waals surface area contributed by atoms with Crippen LogP contribution in [0.4, 0.5) is 10.5 Å². The van der Waals surface area contributed by atoms with Crippen molar-refractivity contribution in [1.29, 1.82) is 0 Å². The van der Waals surface area contributed by atoms with Gasteiger partial charge in [0.2, 0.25) is 0 Å². The van der Waals surface area contributed by atoms with Gasteiger partial charge in [0.15, 0.2) is 0 Å². The Morgan fingerprint density at radius 2 is 1.89 bits per heavy atom. The molecule has 1 unspecified atom stereocenters. The van der Waals surface area contributed by atoms with Crippen molar-refractivity contribution in [2.75, 3.05) is 4.90 Å². The van der Waals surface area contributed by atoms with Crippen LogP contribution in [0.1, 0.15) is 26.2 Å². The van der Waals surface area contributed by atoms with Crippen molar-refractivity contribution in [2.45, 2.75) is 38.3 Å². The molecule has 1 heterocycles. The van der Waals surface area contributed by atoms with Crippen molar-refractivity contribution >= 4 is 33.6 Å². The molecule has 19 heavy (non-hydrogen) atoms. The van der Waals surface area contributed by atoms with E-state index >= 15 is 0 Å². The Labute approximate surface area is 120 Å². The predicted molar refractivity (Wildman–Crippen MR) is 76.0 cm³/mol. The quantitative estimate of drug-likeness (QED) is 0.785. The molecule has 3 rings (SSSR count). The van der Waals surface area contributed by atoms with E-state index in [9.17, 15) is 9.59 Å². The molecular weight excluding hydrogens is 308 g/mol. The first-order valence-corrected chi connectivity index (χ1v) is 7.31. The molecule has 1 aromatic carbocycles. The van der Waals surface area contributed by atoms with Gasteiger partial charge in [-0.05, 0) is 54.2 Å². The zero-order valence-electron chi connectivity index (χ0n) is 10.7. The molecule has 1 saturated heterocycles. The van der Waals surface area contributed by atoms with E-state index in [2.05, 4.69) is 15.9 Å². The zero-order chi connectivity index (χ0) is 13.6. The van der Waals surface area contributed by atoms with E-state index in [1.807, 2.05) is 25.1 Å². The normalized spacial score (nSPS) is 24.0. The van der Waals surface area contributed by atoms with Crippen molar-refractivity contribution in [2.24, 2.45) is 0 Å². The molecule has 0 N–H and O–H groups in total. The van der Waals surface area contributed by atoms with E-state index in [4.69, 9.17) is 0 Å². The van der Waals surface area contributed by atoms with Crippen LogP contribution in [0.15, 0.2) is 28.7 Å². The minimum atomic E-state index is -0.357. The molecule has 2 fully saturated rings. The van der Waals surface area contributed by atoms with Gasteiger partial charge in [-0.2, -0.15) is 0 Å². The average Bonchev–Trinajstić information content (AvgIpc) is 2.53. The van der Waals surface area contributed by atoms with Gasteiger partial charge >= 0.3 is 6.03 Å². The Bertz CT molecular complexity index is 542. The molecule has 4 nitrogen and oxygen atoms in total. The molecule has 0 radical (unpaired) electrons. The lowest BCUT2D eigenvalue weighted by atomic mass is 9.91. The zero-order valence-corrected chi connectivity index (χ0v) is 12.3. The SMILES string of the molecule is CC1C(=O)N(c2ccccc2Br)C(=O)N1C1CCC1. The second-order valence-corrected chi connectivity index (χ2v) is 5.93. The average molecular weight is 323 g/mol. The van der Waals surface area contributed by atoms with Gasteiger partial charge in [-0.3, -0.25) is 4.79 Å². The summed E-state index contributed by atoms with van der Waals surface area (Å²) in [5.41, 5.74) is 0.631. The van der Waals surface area contributed by atoms with E-state index in [1.165, 1.54) is 4.90 Å². The summed E-state index contributed by atoms with van der Waals surface area (Å²) in [7, 11) is 0. The number of rotatable bonds is 2. The number of imide groups is 1. The van der Waals surface area contributed by atoms with E-state index in [-0.39, 0.29) is 24.0 Å². The predicted octanol–water partition coefficient (Wildman–Crippen LogP) is 3.16. The second kappa shape index (κ2) is 4.63. The minimum absolute atomic E-state index is 0.135. The summed E-state index contributed by atoms with van der Waals surface area (Å²) < 4.78 is 0.763. The Kier molecular flexibility index (Phi) is 3.09. The number of anilines is 1. The molecule has 5 heteroatoms. The van der Waals surface area contributed by atoms with Gasteiger partial charge in [0.1, 0.15) is 6.04 Å². The summed E-state index contributed by atoms with van der Waals surface area (Å²) in [5, 5.41) is 0. The summed E-state index contributed by atoms with van der Waals surface area (Å²) >= 11 is 3.40. The Morgan fingerprint density at radius 3 is 2.47 bits per heavy atom. The Balaban J connectivity index is 1.96. The topological polar surface area (TPSA) is 40.6 Å². The fraction of sp³-hybridized carbons (Fsp3) is 0.429. The van der Waals surface area contributed by atoms with Crippen molar-refractivity contribution in [3.05, 3.63) is 28.7 Å². The highest BCUT2D eigenvalue weighted by Crippen LogP contribution is 2.36. The molecule has 0 aromatic heterocycles. The number of urea groups is 1. The second-order valence-electron chi connectivity index (χ2n) is 5.08. The van der Waals surface area contributed by atoms with Crippen LogP contribution >= 0.6 is 15.9 Å². The third-order valence-electron chi connectivity index (χ3n) is 3.97. The molecule has 3 amide bonds. The minimum Gasteiger partial charge on any atom is -0.309 e. The third-order valence-corrected chi connectivity index (χ3v) is 4.64. The molecule has 1 aliphatic heterocycles. The maximum Gasteiger partial charge on any atom is 0.332 e. The molecule has 2 aliphatic rings. The Hall–Kier alpha value is -1.36. The largest absolute Gasteiger partial charge is 0.332 e. The molecular formula is C14H15BrN2O2. The summed E-state index contributed by atoms with van der Waals surface area (Å²) in [6, 6.07) is 7.02. The number of benzene rings is 1. The van der Waals surface area contributed by atoms with E-state index < -0.39 is 0 Å². The van der Waals surface area contributed by atoms with Crippen LogP contribution in [0.25, 0.3) is 0 Å². The number of hydrogen-bond acceptors (Lipinski definition) is 2. The Morgan fingerprint density at radius 1 is 1.21 bits per heavy atom. The molecule has 1 aliphatic carbocycles. The van der Waals surface area contributed by atoms with Crippen molar-refractivity contribution in [1.82, 2.24) is 4.90 Å². The summed E-state index contributed by atoms with van der Waals surface area (Å²) in [6.45, 7) is 1.81. The molecule has 1 aromatic rings. The highest BCUT2D eigenvalue weighted by molar-refractivity contribution is 9.10. The van der Waals surface area contributed by atoms with Gasteiger partial charge < -0.3 is 4.90 Å². The van der Waals surface area contributed by atoms with Crippen LogP contribution in [-0.2, 0) is 4.79 Å². The lowest BCUT2D eigenvalue weighted by Crippen LogP contribution is -2.45. The van der Waals surface area contributed by atoms with Gasteiger partial charge in [-0.25, -0.2) is 9.69 Å². The fourth-order valence-corrected chi connectivity index (χ4v) is 3.14. The van der Waals surface area contributed by atoms with Gasteiger partial charge in [-0.1, -0.05) is 12.1 Å². The molecule has 0 bridgehead atoms. The molecule has 0 spiro atoms. The van der Waals surface area contributed by atoms with Crippen molar-refractivity contribution in [3.63, 3.8) is 0 Å². The van der Waals surface area contributed by atoms with Crippen LogP contribution in [0.2, 0.25) is 0 Å². The third kappa shape index (κ3) is 1.87. The number of para-hydroxylation sites is 1. The maximum absolute atomic E-state index is 12.5. The fourth-order valence-electron chi connectivity index (χ4n) is 2.67. The first-order chi connectivity index (χ1) is 9.11. The van der Waals surface area contributed by atoms with E-state index in [0.717, 1.165) is 23.7 Å². The smallest absolute Gasteiger partial charge is 0.309 e. The van der Waals surface area contributed by atoms with Crippen LogP contribution in [0.3, 0.4) is 0 Å². The number of carbonyl (C=O) groups is 2. The summed E-state index contributed by atoms with van der Waals surface area (Å²) in [6.07, 6.45) is 3.16. The van der Waals surface area contributed by atoms with Gasteiger partial charge in [0.05, 0.1) is 5.69 Å². The van der Waals surface area contributed by atoms with Gasteiger partial charge in [0, 0.05) is 10.5 Å². The monoisotopic (exact) mass is 322 g/mol. The molecule has 100 valence electrons. The number of carbonyl (C=O) groups excluding carboxylic acids is 2. The first kappa shape index (κ1) is 12.7.